The van der Waals surface area contributed by atoms with E-state index >= 15 is 0 Å². The third-order valence-corrected chi connectivity index (χ3v) is 2.36. The summed E-state index contributed by atoms with van der Waals surface area (Å²) in [7, 11) is 0. The quantitative estimate of drug-likeness (QED) is 0.820. The number of rotatable bonds is 5. The average Bonchev–Trinajstić information content (AvgIpc) is 2.30. The molecule has 8 heteroatoms. The zero-order valence-electron chi connectivity index (χ0n) is 10.1. The summed E-state index contributed by atoms with van der Waals surface area (Å²) in [5.41, 5.74) is -1.67. The molecule has 0 fully saturated rings. The molecule has 0 aliphatic carbocycles. The number of benzene rings is 1. The predicted octanol–water partition coefficient (Wildman–Crippen LogP) is 3.04. The zero-order chi connectivity index (χ0) is 15.3. The van der Waals surface area contributed by atoms with Crippen LogP contribution < -0.4 is 5.32 Å². The summed E-state index contributed by atoms with van der Waals surface area (Å²) in [6.07, 6.45) is -5.10. The van der Waals surface area contributed by atoms with Gasteiger partial charge in [-0.3, -0.25) is 9.59 Å². The van der Waals surface area contributed by atoms with Crippen LogP contribution in [0, 0.1) is 5.82 Å². The second-order valence-electron chi connectivity index (χ2n) is 3.99. The van der Waals surface area contributed by atoms with Crippen LogP contribution in [0.3, 0.4) is 0 Å². The zero-order valence-corrected chi connectivity index (χ0v) is 10.1. The van der Waals surface area contributed by atoms with Gasteiger partial charge in [-0.25, -0.2) is 4.39 Å². The van der Waals surface area contributed by atoms with E-state index < -0.39 is 35.1 Å². The van der Waals surface area contributed by atoms with E-state index in [1.165, 1.54) is 0 Å². The van der Waals surface area contributed by atoms with Gasteiger partial charge < -0.3 is 10.4 Å². The van der Waals surface area contributed by atoms with Crippen LogP contribution in [-0.4, -0.2) is 17.0 Å². The number of hydrogen-bond acceptors (Lipinski definition) is 2. The number of carbonyl (C=O) groups is 2. The van der Waals surface area contributed by atoms with Gasteiger partial charge in [0.25, 0.3) is 0 Å². The van der Waals surface area contributed by atoms with Crippen molar-refractivity contribution in [3.63, 3.8) is 0 Å². The summed E-state index contributed by atoms with van der Waals surface area (Å²) >= 11 is 0. The van der Waals surface area contributed by atoms with Gasteiger partial charge in [0.05, 0.1) is 11.3 Å². The van der Waals surface area contributed by atoms with Crippen LogP contribution in [0.5, 0.6) is 0 Å². The maximum atomic E-state index is 13.3. The Hall–Kier alpha value is -2.12. The Morgan fingerprint density at radius 2 is 1.85 bits per heavy atom. The number of aliphatic carboxylic acids is 1. The largest absolute Gasteiger partial charge is 0.481 e. The van der Waals surface area contributed by atoms with E-state index in [1.54, 1.807) is 0 Å². The highest BCUT2D eigenvalue weighted by molar-refractivity contribution is 5.91. The van der Waals surface area contributed by atoms with E-state index in [0.29, 0.717) is 18.2 Å². The Bertz CT molecular complexity index is 514. The highest BCUT2D eigenvalue weighted by atomic mass is 19.4. The average molecular weight is 293 g/mol. The number of halogens is 4. The Morgan fingerprint density at radius 3 is 2.40 bits per heavy atom. The van der Waals surface area contributed by atoms with E-state index in [-0.39, 0.29) is 19.3 Å². The monoisotopic (exact) mass is 293 g/mol. The van der Waals surface area contributed by atoms with Crippen molar-refractivity contribution >= 4 is 17.6 Å². The fraction of sp³-hybridized carbons (Fsp3) is 0.333. The molecule has 0 atom stereocenters. The Morgan fingerprint density at radius 1 is 1.20 bits per heavy atom. The molecular formula is C12H11F4NO3. The Kier molecular flexibility index (Phi) is 5.06. The van der Waals surface area contributed by atoms with Crippen LogP contribution in [0.25, 0.3) is 0 Å². The summed E-state index contributed by atoms with van der Waals surface area (Å²) in [6, 6.07) is 1.66. The first-order valence-electron chi connectivity index (χ1n) is 5.58. The van der Waals surface area contributed by atoms with E-state index in [4.69, 9.17) is 5.11 Å². The number of carboxylic acid groups (broad SMARTS) is 1. The van der Waals surface area contributed by atoms with Gasteiger partial charge in [-0.1, -0.05) is 0 Å². The number of carboxylic acids is 1. The Labute approximate surface area is 111 Å². The van der Waals surface area contributed by atoms with Gasteiger partial charge >= 0.3 is 12.1 Å². The molecule has 0 radical (unpaired) electrons. The molecule has 0 saturated carbocycles. The second kappa shape index (κ2) is 6.36. The molecular weight excluding hydrogens is 282 g/mol. The molecule has 0 saturated heterocycles. The van der Waals surface area contributed by atoms with Crippen LogP contribution in [0.1, 0.15) is 24.8 Å². The number of amides is 1. The minimum Gasteiger partial charge on any atom is -0.481 e. The summed E-state index contributed by atoms with van der Waals surface area (Å²) < 4.78 is 50.6. The van der Waals surface area contributed by atoms with Gasteiger partial charge in [-0.15, -0.1) is 0 Å². The first-order chi connectivity index (χ1) is 9.20. The molecule has 1 aromatic rings. The minimum absolute atomic E-state index is 0.0156. The number of alkyl halides is 3. The molecule has 0 unspecified atom stereocenters. The highest BCUT2D eigenvalue weighted by Crippen LogP contribution is 2.31. The van der Waals surface area contributed by atoms with E-state index in [2.05, 4.69) is 0 Å². The fourth-order valence-corrected chi connectivity index (χ4v) is 1.41. The number of hydrogen-bond donors (Lipinski definition) is 2. The lowest BCUT2D eigenvalue weighted by Crippen LogP contribution is -2.14. The molecule has 4 nitrogen and oxygen atoms in total. The van der Waals surface area contributed by atoms with Gasteiger partial charge in [-0.2, -0.15) is 13.2 Å². The highest BCUT2D eigenvalue weighted by Gasteiger charge is 2.31. The van der Waals surface area contributed by atoms with Gasteiger partial charge in [0.2, 0.25) is 5.91 Å². The lowest BCUT2D eigenvalue weighted by molar-refractivity contribution is -0.138. The molecule has 0 bridgehead atoms. The molecule has 1 aromatic carbocycles. The van der Waals surface area contributed by atoms with E-state index in [1.807, 2.05) is 5.32 Å². The standard InChI is InChI=1S/C12H11F4NO3/c13-8-5-4-7(12(14,15)16)6-9(8)17-10(18)2-1-3-11(19)20/h4-6H,1-3H2,(H,17,18)(H,19,20). The minimum atomic E-state index is -4.64. The van der Waals surface area contributed by atoms with Gasteiger partial charge in [0.15, 0.2) is 0 Å². The summed E-state index contributed by atoms with van der Waals surface area (Å²) in [5, 5.41) is 10.4. The van der Waals surface area contributed by atoms with E-state index in [9.17, 15) is 27.2 Å². The molecule has 0 heterocycles. The van der Waals surface area contributed by atoms with Crippen LogP contribution in [0.15, 0.2) is 18.2 Å². The van der Waals surface area contributed by atoms with Crippen molar-refractivity contribution in [3.05, 3.63) is 29.6 Å². The molecule has 110 valence electrons. The van der Waals surface area contributed by atoms with Gasteiger partial charge in [0, 0.05) is 12.8 Å². The number of carbonyl (C=O) groups excluding carboxylic acids is 1. The maximum absolute atomic E-state index is 13.3. The van der Waals surface area contributed by atoms with Crippen molar-refractivity contribution in [2.75, 3.05) is 5.32 Å². The van der Waals surface area contributed by atoms with Crippen LogP contribution in [0.4, 0.5) is 23.2 Å². The number of nitrogens with one attached hydrogen (secondary N) is 1. The normalized spacial score (nSPS) is 11.2. The molecule has 0 aliphatic heterocycles. The predicted molar refractivity (Wildman–Crippen MR) is 61.5 cm³/mol. The third kappa shape index (κ3) is 4.87. The van der Waals surface area contributed by atoms with Crippen LogP contribution in [0.2, 0.25) is 0 Å². The lowest BCUT2D eigenvalue weighted by Gasteiger charge is -2.10. The van der Waals surface area contributed by atoms with Crippen molar-refractivity contribution in [3.8, 4) is 0 Å². The lowest BCUT2D eigenvalue weighted by atomic mass is 10.1. The number of anilines is 1. The maximum Gasteiger partial charge on any atom is 0.416 e. The second-order valence-corrected chi connectivity index (χ2v) is 3.99. The van der Waals surface area contributed by atoms with Crippen LogP contribution in [-0.2, 0) is 15.8 Å². The SMILES string of the molecule is O=C(O)CCCC(=O)Nc1cc(C(F)(F)F)ccc1F. The summed E-state index contributed by atoms with van der Waals surface area (Å²) in [6.45, 7) is 0. The Balaban J connectivity index is 2.71. The van der Waals surface area contributed by atoms with Crippen molar-refractivity contribution in [2.45, 2.75) is 25.4 Å². The summed E-state index contributed by atoms with van der Waals surface area (Å²) in [4.78, 5) is 21.6. The van der Waals surface area contributed by atoms with Crippen molar-refractivity contribution < 1.29 is 32.3 Å². The van der Waals surface area contributed by atoms with Crippen molar-refractivity contribution in [1.29, 1.82) is 0 Å². The van der Waals surface area contributed by atoms with Crippen LogP contribution >= 0.6 is 0 Å². The van der Waals surface area contributed by atoms with Crippen molar-refractivity contribution in [1.82, 2.24) is 0 Å². The van der Waals surface area contributed by atoms with Gasteiger partial charge in [0.1, 0.15) is 5.82 Å². The molecule has 2 N–H and O–H groups in total. The van der Waals surface area contributed by atoms with E-state index in [0.717, 1.165) is 0 Å². The smallest absolute Gasteiger partial charge is 0.416 e. The van der Waals surface area contributed by atoms with Crippen molar-refractivity contribution in [2.24, 2.45) is 0 Å². The molecule has 0 aromatic heterocycles. The molecule has 0 spiro atoms. The third-order valence-electron chi connectivity index (χ3n) is 2.36. The first-order valence-corrected chi connectivity index (χ1v) is 5.58. The van der Waals surface area contributed by atoms with Gasteiger partial charge in [-0.05, 0) is 24.6 Å². The first kappa shape index (κ1) is 15.9. The topological polar surface area (TPSA) is 66.4 Å². The molecule has 20 heavy (non-hydrogen) atoms. The molecule has 0 aliphatic rings. The fourth-order valence-electron chi connectivity index (χ4n) is 1.41. The molecule has 1 rings (SSSR count). The molecule has 1 amide bonds. The summed E-state index contributed by atoms with van der Waals surface area (Å²) in [5.74, 6) is -2.84.